The molecule has 69 heavy (non-hydrogen) atoms. The van der Waals surface area contributed by atoms with Gasteiger partial charge in [-0.3, -0.25) is 52.7 Å². The second kappa shape index (κ2) is 27.2. The summed E-state index contributed by atoms with van der Waals surface area (Å²) < 4.78 is 0. The van der Waals surface area contributed by atoms with E-state index >= 15 is 0 Å². The summed E-state index contributed by atoms with van der Waals surface area (Å²) in [5.74, 6) is -9.55. The zero-order valence-electron chi connectivity index (χ0n) is 39.6. The number of rotatable bonds is 16. The van der Waals surface area contributed by atoms with Crippen molar-refractivity contribution in [3.05, 3.63) is 29.8 Å². The number of phenols is 1. The quantitative estimate of drug-likeness (QED) is 0.0787. The molecular formula is C44H67N11O12S2. The highest BCUT2D eigenvalue weighted by Gasteiger charge is 2.41. The summed E-state index contributed by atoms with van der Waals surface area (Å²) in [5, 5.41) is 27.9. The minimum atomic E-state index is -1.73. The normalized spacial score (nSPS) is 23.4. The highest BCUT2D eigenvalue weighted by molar-refractivity contribution is 8.76. The smallest absolute Gasteiger partial charge is 0.246 e. The van der Waals surface area contributed by atoms with Crippen molar-refractivity contribution in [3.8, 4) is 5.75 Å². The van der Waals surface area contributed by atoms with Crippen LogP contribution in [-0.4, -0.2) is 142 Å². The Morgan fingerprint density at radius 3 is 2.07 bits per heavy atom. The number of nitrogens with two attached hydrogens (primary N) is 3. The molecule has 1 aromatic carbocycles. The van der Waals surface area contributed by atoms with Gasteiger partial charge in [0, 0.05) is 37.3 Å². The van der Waals surface area contributed by atoms with E-state index in [1.54, 1.807) is 26.0 Å². The molecular weight excluding hydrogens is 939 g/mol. The Morgan fingerprint density at radius 2 is 1.46 bits per heavy atom. The number of benzene rings is 1. The lowest BCUT2D eigenvalue weighted by Crippen LogP contribution is -2.61. The topological polar surface area (TPSA) is 374 Å². The summed E-state index contributed by atoms with van der Waals surface area (Å²) in [4.78, 5) is 148. The number of phenolic OH excluding ortho intramolecular Hbond substituents is 1. The van der Waals surface area contributed by atoms with Crippen LogP contribution < -0.4 is 54.4 Å². The Kier molecular flexibility index (Phi) is 22.5. The second-order valence-corrected chi connectivity index (χ2v) is 20.9. The van der Waals surface area contributed by atoms with Crippen LogP contribution in [0.25, 0.3) is 0 Å². The van der Waals surface area contributed by atoms with Crippen LogP contribution in [-0.2, 0) is 59.2 Å². The minimum absolute atomic E-state index is 0.0259. The fourth-order valence-electron chi connectivity index (χ4n) is 7.45. The molecule has 2 aliphatic heterocycles. The number of carbonyl (C=O) groups is 11. The van der Waals surface area contributed by atoms with Gasteiger partial charge in [-0.2, -0.15) is 0 Å². The Balaban J connectivity index is 2.03. The van der Waals surface area contributed by atoms with Crippen LogP contribution in [0.15, 0.2) is 24.3 Å². The van der Waals surface area contributed by atoms with Crippen molar-refractivity contribution in [1.82, 2.24) is 42.1 Å². The van der Waals surface area contributed by atoms with Crippen molar-refractivity contribution in [3.63, 3.8) is 0 Å². The molecule has 0 aliphatic carbocycles. The van der Waals surface area contributed by atoms with E-state index in [2.05, 4.69) is 37.2 Å². The van der Waals surface area contributed by atoms with Gasteiger partial charge in [0.05, 0.1) is 13.0 Å². The molecule has 0 bridgehead atoms. The molecule has 0 aromatic heterocycles. The van der Waals surface area contributed by atoms with Crippen molar-refractivity contribution in [2.24, 2.45) is 28.5 Å². The van der Waals surface area contributed by atoms with Crippen molar-refractivity contribution in [2.75, 3.05) is 24.6 Å². The lowest BCUT2D eigenvalue weighted by molar-refractivity contribution is -0.142. The van der Waals surface area contributed by atoms with Crippen LogP contribution in [0.4, 0.5) is 0 Å². The van der Waals surface area contributed by atoms with Gasteiger partial charge in [0.25, 0.3) is 0 Å². The number of likely N-dealkylation sites (tertiary alicyclic amines) is 1. The van der Waals surface area contributed by atoms with Crippen molar-refractivity contribution in [1.29, 1.82) is 0 Å². The molecule has 2 saturated heterocycles. The van der Waals surface area contributed by atoms with E-state index in [1.165, 1.54) is 17.0 Å². The first-order valence-electron chi connectivity index (χ1n) is 22.7. The second-order valence-electron chi connectivity index (χ2n) is 18.3. The zero-order valence-corrected chi connectivity index (χ0v) is 41.2. The molecule has 382 valence electrons. The third kappa shape index (κ3) is 19.4. The van der Waals surface area contributed by atoms with Gasteiger partial charge in [0.1, 0.15) is 48.0 Å². The van der Waals surface area contributed by atoms with Gasteiger partial charge >= 0.3 is 0 Å². The fraction of sp³-hybridized carbons (Fsp3) is 0.614. The van der Waals surface area contributed by atoms with E-state index in [-0.39, 0.29) is 55.9 Å². The summed E-state index contributed by atoms with van der Waals surface area (Å²) >= 11 is 0. The SMILES string of the molecule is CC[C@H](C)[C@@H]1NC(=O)[C@H](Cc2ccc(O)cc2)NC(=O)CCSSC[C@@H](C(=O)N2CCC[C@H]2C(=O)N[C@@H](CC(C)(C)C)C(=O)NCC(N)=O)NC(=O)[C@H](CC(N)=O)NC(=O)[C@H](CCC(N)=O)NC1=O. The van der Waals surface area contributed by atoms with Crippen LogP contribution >= 0.6 is 21.6 Å². The molecule has 14 N–H and O–H groups in total. The first-order valence-corrected chi connectivity index (χ1v) is 25.1. The number of primary amides is 3. The first-order chi connectivity index (χ1) is 32.4. The monoisotopic (exact) mass is 1010 g/mol. The largest absolute Gasteiger partial charge is 0.508 e. The molecule has 3 rings (SSSR count). The summed E-state index contributed by atoms with van der Waals surface area (Å²) in [6.45, 7) is 8.55. The molecule has 2 aliphatic rings. The average Bonchev–Trinajstić information content (AvgIpc) is 3.77. The summed E-state index contributed by atoms with van der Waals surface area (Å²) in [6, 6.07) is -3.49. The molecule has 0 radical (unpaired) electrons. The highest BCUT2D eigenvalue weighted by Crippen LogP contribution is 2.27. The van der Waals surface area contributed by atoms with Crippen LogP contribution in [0.1, 0.15) is 91.5 Å². The standard InChI is InChI=1S/C44H67N11O12S2/c1-6-23(2)36-42(66)50-26(13-14-32(45)57)38(62)51-28(19-33(46)58)39(63)53-30(22-69-68-17-15-35(60)49-27(40(64)54-36)18-24-9-11-25(56)12-10-24)43(67)55-16-7-8-31(55)41(65)52-29(20-44(3,4)5)37(61)48-21-34(47)59/h9-12,23,26-31,36,56H,6-8,13-22H2,1-5H3,(H2,45,57)(H2,46,58)(H2,47,59)(H,48,61)(H,49,60)(H,50,66)(H,51,62)(H,52,65)(H,53,63)(H,54,64)/t23-,26-,27-,28-,29-,30-,31-,36-/m0/s1. The number of hydrogen-bond donors (Lipinski definition) is 11. The van der Waals surface area contributed by atoms with E-state index in [0.29, 0.717) is 18.4 Å². The zero-order chi connectivity index (χ0) is 51.6. The lowest BCUT2D eigenvalue weighted by atomic mass is 9.87. The predicted molar refractivity (Wildman–Crippen MR) is 256 cm³/mol. The van der Waals surface area contributed by atoms with Gasteiger partial charge in [-0.15, -0.1) is 0 Å². The van der Waals surface area contributed by atoms with Crippen molar-refractivity contribution < 1.29 is 57.8 Å². The molecule has 0 spiro atoms. The van der Waals surface area contributed by atoms with E-state index < -0.39 is 138 Å². The maximum absolute atomic E-state index is 14.5. The Morgan fingerprint density at radius 1 is 0.826 bits per heavy atom. The van der Waals surface area contributed by atoms with E-state index in [0.717, 1.165) is 21.6 Å². The summed E-state index contributed by atoms with van der Waals surface area (Å²) in [6.07, 6.45) is -0.684. The van der Waals surface area contributed by atoms with Crippen LogP contribution in [0.5, 0.6) is 5.75 Å². The van der Waals surface area contributed by atoms with Crippen LogP contribution in [0.2, 0.25) is 0 Å². The molecule has 11 amide bonds. The third-order valence-corrected chi connectivity index (χ3v) is 13.7. The third-order valence-electron chi connectivity index (χ3n) is 11.2. The first kappa shape index (κ1) is 57.2. The van der Waals surface area contributed by atoms with Gasteiger partial charge in [0.2, 0.25) is 65.0 Å². The lowest BCUT2D eigenvalue weighted by Gasteiger charge is -2.32. The highest BCUT2D eigenvalue weighted by atomic mass is 33.1. The number of nitrogens with zero attached hydrogens (tertiary/aromatic N) is 1. The Hall–Kier alpha value is -6.11. The molecule has 8 atom stereocenters. The molecule has 0 unspecified atom stereocenters. The summed E-state index contributed by atoms with van der Waals surface area (Å²) in [5.41, 5.74) is 16.2. The van der Waals surface area contributed by atoms with E-state index in [1.807, 2.05) is 20.8 Å². The van der Waals surface area contributed by atoms with Gasteiger partial charge in [0.15, 0.2) is 0 Å². The Labute approximate surface area is 408 Å². The van der Waals surface area contributed by atoms with Crippen molar-refractivity contribution >= 4 is 86.6 Å². The Bertz CT molecular complexity index is 2050. The summed E-state index contributed by atoms with van der Waals surface area (Å²) in [7, 11) is 2.24. The number of aromatic hydroxyl groups is 1. The average molecular weight is 1010 g/mol. The maximum Gasteiger partial charge on any atom is 0.246 e. The van der Waals surface area contributed by atoms with Gasteiger partial charge in [-0.05, 0) is 54.7 Å². The fourth-order valence-corrected chi connectivity index (χ4v) is 9.59. The van der Waals surface area contributed by atoms with E-state index in [4.69, 9.17) is 17.2 Å². The molecule has 23 nitrogen and oxygen atoms in total. The van der Waals surface area contributed by atoms with Crippen molar-refractivity contribution in [2.45, 2.75) is 135 Å². The molecule has 2 heterocycles. The van der Waals surface area contributed by atoms with Gasteiger partial charge in [-0.25, -0.2) is 0 Å². The van der Waals surface area contributed by atoms with Gasteiger partial charge in [-0.1, -0.05) is 74.8 Å². The van der Waals surface area contributed by atoms with Crippen LogP contribution in [0.3, 0.4) is 0 Å². The molecule has 2 fully saturated rings. The van der Waals surface area contributed by atoms with Gasteiger partial charge < -0.3 is 64.4 Å². The molecule has 25 heteroatoms. The maximum atomic E-state index is 14.5. The number of hydrogen-bond acceptors (Lipinski definition) is 14. The van der Waals surface area contributed by atoms with Crippen LogP contribution in [0, 0.1) is 11.3 Å². The van der Waals surface area contributed by atoms with E-state index in [9.17, 15) is 57.8 Å². The predicted octanol–water partition coefficient (Wildman–Crippen LogP) is -2.16. The molecule has 0 saturated carbocycles. The number of amides is 11. The molecule has 1 aromatic rings. The number of carbonyl (C=O) groups excluding carboxylic acids is 11. The minimum Gasteiger partial charge on any atom is -0.508 e. The number of nitrogens with one attached hydrogen (secondary N) is 7.